The second-order valence-corrected chi connectivity index (χ2v) is 5.03. The molecule has 0 saturated heterocycles. The molecule has 0 bridgehead atoms. The van der Waals surface area contributed by atoms with Gasteiger partial charge in [0.05, 0.1) is 0 Å². The minimum atomic E-state index is 0.408. The fourth-order valence-electron chi connectivity index (χ4n) is 3.66. The molecule has 80 valence electrons. The van der Waals surface area contributed by atoms with E-state index in [1.54, 1.807) is 0 Å². The molecule has 2 aliphatic carbocycles. The molecule has 0 aromatic carbocycles. The summed E-state index contributed by atoms with van der Waals surface area (Å²) >= 11 is 0. The fraction of sp³-hybridized carbons (Fsp3) is 0.846. The van der Waals surface area contributed by atoms with Crippen molar-refractivity contribution in [2.24, 2.45) is 23.7 Å². The quantitative estimate of drug-likeness (QED) is 0.670. The van der Waals surface area contributed by atoms with Crippen molar-refractivity contribution in [3.8, 4) is 0 Å². The van der Waals surface area contributed by atoms with Crippen molar-refractivity contribution in [3.05, 3.63) is 12.7 Å². The van der Waals surface area contributed by atoms with E-state index in [1.807, 2.05) is 0 Å². The standard InChI is InChI=1S/C13H22O/c1-2-10-7-8-11(9-14)13-6-4-3-5-12(10)13/h2,10-14H,1,3-9H2. The lowest BCUT2D eigenvalue weighted by atomic mass is 9.61. The Labute approximate surface area is 87.2 Å². The maximum absolute atomic E-state index is 9.36. The molecular weight excluding hydrogens is 172 g/mol. The van der Waals surface area contributed by atoms with Crippen LogP contribution >= 0.6 is 0 Å². The highest BCUT2D eigenvalue weighted by molar-refractivity contribution is 4.95. The summed E-state index contributed by atoms with van der Waals surface area (Å²) in [5, 5.41) is 9.36. The van der Waals surface area contributed by atoms with Crippen molar-refractivity contribution in [2.75, 3.05) is 6.61 Å². The summed E-state index contributed by atoms with van der Waals surface area (Å²) in [5.41, 5.74) is 0. The van der Waals surface area contributed by atoms with Crippen LogP contribution in [-0.2, 0) is 0 Å². The summed E-state index contributed by atoms with van der Waals surface area (Å²) in [6.45, 7) is 4.37. The van der Waals surface area contributed by atoms with E-state index in [1.165, 1.54) is 38.5 Å². The Bertz CT molecular complexity index is 199. The van der Waals surface area contributed by atoms with Crippen LogP contribution in [0.1, 0.15) is 38.5 Å². The van der Waals surface area contributed by atoms with E-state index in [4.69, 9.17) is 0 Å². The first-order valence-electron chi connectivity index (χ1n) is 6.10. The van der Waals surface area contributed by atoms with Crippen LogP contribution in [0.2, 0.25) is 0 Å². The van der Waals surface area contributed by atoms with E-state index in [2.05, 4.69) is 12.7 Å². The van der Waals surface area contributed by atoms with Crippen molar-refractivity contribution in [2.45, 2.75) is 38.5 Å². The van der Waals surface area contributed by atoms with Gasteiger partial charge in [-0.05, 0) is 49.4 Å². The molecule has 1 nitrogen and oxygen atoms in total. The number of hydrogen-bond donors (Lipinski definition) is 1. The topological polar surface area (TPSA) is 20.2 Å². The van der Waals surface area contributed by atoms with Crippen LogP contribution in [-0.4, -0.2) is 11.7 Å². The smallest absolute Gasteiger partial charge is 0.0462 e. The van der Waals surface area contributed by atoms with Crippen molar-refractivity contribution >= 4 is 0 Å². The van der Waals surface area contributed by atoms with Crippen LogP contribution in [0.15, 0.2) is 12.7 Å². The van der Waals surface area contributed by atoms with Crippen molar-refractivity contribution in [1.29, 1.82) is 0 Å². The molecule has 4 atom stereocenters. The third-order valence-electron chi connectivity index (χ3n) is 4.44. The number of allylic oxidation sites excluding steroid dienone is 1. The second kappa shape index (κ2) is 4.48. The molecule has 2 fully saturated rings. The normalized spacial score (nSPS) is 42.9. The number of rotatable bonds is 2. The summed E-state index contributed by atoms with van der Waals surface area (Å²) < 4.78 is 0. The number of hydrogen-bond acceptors (Lipinski definition) is 1. The molecular formula is C13H22O. The minimum absolute atomic E-state index is 0.408. The summed E-state index contributed by atoms with van der Waals surface area (Å²) in [5.74, 6) is 2.97. The van der Waals surface area contributed by atoms with Gasteiger partial charge in [0, 0.05) is 6.61 Å². The number of fused-ring (bicyclic) bond motifs is 1. The Morgan fingerprint density at radius 1 is 1.07 bits per heavy atom. The van der Waals surface area contributed by atoms with Gasteiger partial charge in [0.15, 0.2) is 0 Å². The first-order valence-corrected chi connectivity index (χ1v) is 6.10. The Morgan fingerprint density at radius 2 is 1.79 bits per heavy atom. The second-order valence-electron chi connectivity index (χ2n) is 5.03. The molecule has 1 heteroatoms. The van der Waals surface area contributed by atoms with Gasteiger partial charge in [-0.2, -0.15) is 0 Å². The molecule has 14 heavy (non-hydrogen) atoms. The maximum Gasteiger partial charge on any atom is 0.0462 e. The number of aliphatic hydroxyl groups is 1. The molecule has 1 N–H and O–H groups in total. The van der Waals surface area contributed by atoms with E-state index in [9.17, 15) is 5.11 Å². The van der Waals surface area contributed by atoms with Gasteiger partial charge >= 0.3 is 0 Å². The van der Waals surface area contributed by atoms with Crippen LogP contribution in [0.3, 0.4) is 0 Å². The predicted molar refractivity (Wildman–Crippen MR) is 58.9 cm³/mol. The Kier molecular flexibility index (Phi) is 3.27. The highest BCUT2D eigenvalue weighted by Crippen LogP contribution is 2.46. The minimum Gasteiger partial charge on any atom is -0.396 e. The van der Waals surface area contributed by atoms with Gasteiger partial charge in [-0.1, -0.05) is 18.9 Å². The van der Waals surface area contributed by atoms with Crippen LogP contribution in [0.4, 0.5) is 0 Å². The van der Waals surface area contributed by atoms with E-state index in [0.717, 1.165) is 17.8 Å². The molecule has 4 unspecified atom stereocenters. The molecule has 0 aromatic heterocycles. The van der Waals surface area contributed by atoms with Crippen molar-refractivity contribution < 1.29 is 5.11 Å². The van der Waals surface area contributed by atoms with E-state index >= 15 is 0 Å². The van der Waals surface area contributed by atoms with Crippen LogP contribution < -0.4 is 0 Å². The first kappa shape index (κ1) is 10.2. The molecule has 2 rings (SSSR count). The van der Waals surface area contributed by atoms with Crippen molar-refractivity contribution in [1.82, 2.24) is 0 Å². The van der Waals surface area contributed by atoms with Gasteiger partial charge in [-0.15, -0.1) is 6.58 Å². The van der Waals surface area contributed by atoms with Gasteiger partial charge in [0.1, 0.15) is 0 Å². The summed E-state index contributed by atoms with van der Waals surface area (Å²) in [6, 6.07) is 0. The van der Waals surface area contributed by atoms with Gasteiger partial charge in [-0.3, -0.25) is 0 Å². The van der Waals surface area contributed by atoms with Crippen LogP contribution in [0, 0.1) is 23.7 Å². The SMILES string of the molecule is C=CC1CCC(CO)C2CCCCC12. The lowest BCUT2D eigenvalue weighted by Gasteiger charge is -2.44. The van der Waals surface area contributed by atoms with Crippen LogP contribution in [0.5, 0.6) is 0 Å². The fourth-order valence-corrected chi connectivity index (χ4v) is 3.66. The molecule has 0 aliphatic heterocycles. The summed E-state index contributed by atoms with van der Waals surface area (Å²) in [6.07, 6.45) is 10.1. The summed E-state index contributed by atoms with van der Waals surface area (Å²) in [4.78, 5) is 0. The molecule has 2 saturated carbocycles. The Hall–Kier alpha value is -0.300. The highest BCUT2D eigenvalue weighted by atomic mass is 16.3. The maximum atomic E-state index is 9.36. The highest BCUT2D eigenvalue weighted by Gasteiger charge is 2.38. The first-order chi connectivity index (χ1) is 6.86. The average Bonchev–Trinajstić information content (AvgIpc) is 2.27. The number of aliphatic hydroxyl groups excluding tert-OH is 1. The zero-order valence-electron chi connectivity index (χ0n) is 8.99. The van der Waals surface area contributed by atoms with Gasteiger partial charge in [0.2, 0.25) is 0 Å². The molecule has 2 aliphatic rings. The molecule has 0 radical (unpaired) electrons. The lowest BCUT2D eigenvalue weighted by Crippen LogP contribution is -2.37. The Morgan fingerprint density at radius 3 is 2.43 bits per heavy atom. The largest absolute Gasteiger partial charge is 0.396 e. The van der Waals surface area contributed by atoms with Gasteiger partial charge in [-0.25, -0.2) is 0 Å². The lowest BCUT2D eigenvalue weighted by molar-refractivity contribution is 0.0362. The zero-order valence-corrected chi connectivity index (χ0v) is 8.99. The Balaban J connectivity index is 2.08. The third kappa shape index (κ3) is 1.75. The van der Waals surface area contributed by atoms with E-state index in [-0.39, 0.29) is 0 Å². The van der Waals surface area contributed by atoms with E-state index < -0.39 is 0 Å². The van der Waals surface area contributed by atoms with Gasteiger partial charge in [0.25, 0.3) is 0 Å². The average molecular weight is 194 g/mol. The zero-order chi connectivity index (χ0) is 9.97. The molecule has 0 heterocycles. The van der Waals surface area contributed by atoms with E-state index in [0.29, 0.717) is 12.5 Å². The predicted octanol–water partition coefficient (Wildman–Crippen LogP) is 3.00. The van der Waals surface area contributed by atoms with Gasteiger partial charge < -0.3 is 5.11 Å². The van der Waals surface area contributed by atoms with Crippen LogP contribution in [0.25, 0.3) is 0 Å². The monoisotopic (exact) mass is 194 g/mol. The molecule has 0 spiro atoms. The molecule has 0 amide bonds. The molecule has 0 aromatic rings. The summed E-state index contributed by atoms with van der Waals surface area (Å²) in [7, 11) is 0. The van der Waals surface area contributed by atoms with Crippen molar-refractivity contribution in [3.63, 3.8) is 0 Å². The third-order valence-corrected chi connectivity index (χ3v) is 4.44.